The van der Waals surface area contributed by atoms with Gasteiger partial charge in [-0.25, -0.2) is 4.39 Å². The molecule has 1 atom stereocenters. The number of rotatable bonds is 4. The molecule has 1 aliphatic heterocycles. The van der Waals surface area contributed by atoms with E-state index in [0.717, 1.165) is 0 Å². The summed E-state index contributed by atoms with van der Waals surface area (Å²) in [6.07, 6.45) is 5.33. The van der Waals surface area contributed by atoms with Gasteiger partial charge in [-0.1, -0.05) is 60.6 Å². The summed E-state index contributed by atoms with van der Waals surface area (Å²) in [6, 6.07) is 7.20. The summed E-state index contributed by atoms with van der Waals surface area (Å²) in [7, 11) is -0.969. The zero-order valence-corrected chi connectivity index (χ0v) is 17.6. The molecule has 9 heteroatoms. The van der Waals surface area contributed by atoms with Crippen LogP contribution >= 0.6 is 23.2 Å². The molecular weight excluding hydrogens is 404 g/mol. The average molecular weight is 424 g/mol. The van der Waals surface area contributed by atoms with E-state index in [1.807, 2.05) is 0 Å². The first-order chi connectivity index (χ1) is 13.1. The standard InChI is InChI=1S/C18H20Cl2FN5Si/c1-11(27-8-3-2-4-9-27)24-17-15(14-12(19)6-5-7-13(14)21)16(20)25-18-22-10-23-26(17)18/h5-7,10-11,24,27H,2-4,8-9H2,1H3. The first kappa shape index (κ1) is 18.7. The molecule has 142 valence electrons. The van der Waals surface area contributed by atoms with Gasteiger partial charge in [0.15, 0.2) is 0 Å². The van der Waals surface area contributed by atoms with E-state index in [9.17, 15) is 4.39 Å². The number of nitrogens with zero attached hydrogens (tertiary/aromatic N) is 4. The lowest BCUT2D eigenvalue weighted by Gasteiger charge is -2.28. The van der Waals surface area contributed by atoms with E-state index in [0.29, 0.717) is 22.8 Å². The summed E-state index contributed by atoms with van der Waals surface area (Å²) in [5.74, 6) is 0.521. The van der Waals surface area contributed by atoms with Crippen molar-refractivity contribution in [3.05, 3.63) is 40.5 Å². The fraction of sp³-hybridized carbons (Fsp3) is 0.389. The maximum Gasteiger partial charge on any atom is 0.255 e. The molecule has 5 nitrogen and oxygen atoms in total. The van der Waals surface area contributed by atoms with Crippen molar-refractivity contribution in [2.75, 3.05) is 5.32 Å². The zero-order chi connectivity index (χ0) is 19.0. The van der Waals surface area contributed by atoms with Crippen molar-refractivity contribution in [1.82, 2.24) is 19.6 Å². The second kappa shape index (κ2) is 7.73. The van der Waals surface area contributed by atoms with E-state index >= 15 is 0 Å². The maximum absolute atomic E-state index is 14.7. The molecule has 0 radical (unpaired) electrons. The predicted octanol–water partition coefficient (Wildman–Crippen LogP) is 4.99. The number of halogens is 3. The lowest BCUT2D eigenvalue weighted by molar-refractivity contribution is 0.631. The summed E-state index contributed by atoms with van der Waals surface area (Å²) in [5, 5.41) is 8.29. The van der Waals surface area contributed by atoms with Crippen LogP contribution in [-0.2, 0) is 0 Å². The van der Waals surface area contributed by atoms with Crippen LogP contribution in [0.2, 0.25) is 22.3 Å². The third-order valence-electron chi connectivity index (χ3n) is 5.32. The summed E-state index contributed by atoms with van der Waals surface area (Å²) >= 11 is 12.8. The molecule has 1 fully saturated rings. The Kier molecular flexibility index (Phi) is 5.34. The number of nitrogens with one attached hydrogen (secondary N) is 1. The molecule has 1 saturated heterocycles. The second-order valence-corrected chi connectivity index (χ2v) is 11.5. The molecule has 0 amide bonds. The molecule has 1 aliphatic rings. The van der Waals surface area contributed by atoms with Gasteiger partial charge < -0.3 is 5.32 Å². The molecule has 4 rings (SSSR count). The summed E-state index contributed by atoms with van der Waals surface area (Å²) in [6.45, 7) is 2.20. The molecule has 27 heavy (non-hydrogen) atoms. The maximum atomic E-state index is 14.7. The van der Waals surface area contributed by atoms with E-state index in [1.165, 1.54) is 43.7 Å². The molecule has 1 unspecified atom stereocenters. The minimum Gasteiger partial charge on any atom is -0.370 e. The molecule has 3 heterocycles. The van der Waals surface area contributed by atoms with Gasteiger partial charge in [-0.15, -0.1) is 0 Å². The number of fused-ring (bicyclic) bond motifs is 1. The Morgan fingerprint density at radius 3 is 2.70 bits per heavy atom. The summed E-state index contributed by atoms with van der Waals surface area (Å²) < 4.78 is 16.3. The summed E-state index contributed by atoms with van der Waals surface area (Å²) in [5.41, 5.74) is 0.962. The van der Waals surface area contributed by atoms with Crippen molar-refractivity contribution in [3.8, 4) is 11.1 Å². The van der Waals surface area contributed by atoms with Crippen molar-refractivity contribution in [3.63, 3.8) is 0 Å². The van der Waals surface area contributed by atoms with Crippen LogP contribution in [0.15, 0.2) is 24.5 Å². The van der Waals surface area contributed by atoms with Crippen LogP contribution < -0.4 is 5.32 Å². The van der Waals surface area contributed by atoms with Gasteiger partial charge >= 0.3 is 0 Å². The van der Waals surface area contributed by atoms with E-state index in [2.05, 4.69) is 27.3 Å². The highest BCUT2D eigenvalue weighted by Crippen LogP contribution is 2.40. The molecule has 0 saturated carbocycles. The Labute approximate surface area is 168 Å². The average Bonchev–Trinajstić information content (AvgIpc) is 3.12. The largest absolute Gasteiger partial charge is 0.370 e. The highest BCUT2D eigenvalue weighted by atomic mass is 35.5. The topological polar surface area (TPSA) is 55.1 Å². The first-order valence-electron chi connectivity index (χ1n) is 9.16. The van der Waals surface area contributed by atoms with Crippen molar-refractivity contribution in [2.45, 2.75) is 43.9 Å². The minimum absolute atomic E-state index is 0.155. The van der Waals surface area contributed by atoms with Crippen molar-refractivity contribution < 1.29 is 4.39 Å². The number of hydrogen-bond acceptors (Lipinski definition) is 4. The number of anilines is 1. The van der Waals surface area contributed by atoms with Gasteiger partial charge in [-0.3, -0.25) is 0 Å². The highest BCUT2D eigenvalue weighted by Gasteiger charge is 2.27. The van der Waals surface area contributed by atoms with Crippen LogP contribution in [0.4, 0.5) is 10.2 Å². The van der Waals surface area contributed by atoms with E-state index < -0.39 is 14.6 Å². The Morgan fingerprint density at radius 1 is 1.19 bits per heavy atom. The monoisotopic (exact) mass is 423 g/mol. The lowest BCUT2D eigenvalue weighted by Crippen LogP contribution is -2.37. The van der Waals surface area contributed by atoms with Gasteiger partial charge in [0.2, 0.25) is 0 Å². The van der Waals surface area contributed by atoms with Crippen molar-refractivity contribution in [1.29, 1.82) is 0 Å². The van der Waals surface area contributed by atoms with Crippen LogP contribution in [0.3, 0.4) is 0 Å². The van der Waals surface area contributed by atoms with Gasteiger partial charge in [0.05, 0.1) is 19.4 Å². The Morgan fingerprint density at radius 2 is 1.96 bits per heavy atom. The Hall–Kier alpha value is -1.70. The van der Waals surface area contributed by atoms with Crippen LogP contribution in [0.5, 0.6) is 0 Å². The van der Waals surface area contributed by atoms with Gasteiger partial charge in [-0.05, 0) is 19.1 Å². The molecule has 3 aromatic rings. The molecule has 0 aliphatic carbocycles. The second-order valence-electron chi connectivity index (χ2n) is 7.03. The van der Waals surface area contributed by atoms with E-state index in [1.54, 1.807) is 16.6 Å². The zero-order valence-electron chi connectivity index (χ0n) is 14.9. The van der Waals surface area contributed by atoms with Gasteiger partial charge in [-0.2, -0.15) is 19.6 Å². The first-order valence-corrected chi connectivity index (χ1v) is 12.2. The molecule has 0 bridgehead atoms. The number of aromatic nitrogens is 4. The molecule has 1 aromatic carbocycles. The normalized spacial score (nSPS) is 16.6. The van der Waals surface area contributed by atoms with E-state index in [4.69, 9.17) is 23.2 Å². The van der Waals surface area contributed by atoms with Gasteiger partial charge in [0.1, 0.15) is 23.1 Å². The van der Waals surface area contributed by atoms with Crippen LogP contribution in [0.1, 0.15) is 26.2 Å². The molecule has 0 spiro atoms. The van der Waals surface area contributed by atoms with Crippen molar-refractivity contribution in [2.24, 2.45) is 0 Å². The minimum atomic E-state index is -0.969. The van der Waals surface area contributed by atoms with E-state index in [-0.39, 0.29) is 15.7 Å². The fourth-order valence-corrected chi connectivity index (χ4v) is 7.70. The smallest absolute Gasteiger partial charge is 0.255 e. The van der Waals surface area contributed by atoms with Crippen LogP contribution in [0, 0.1) is 5.82 Å². The number of hydrogen-bond donors (Lipinski definition) is 1. The fourth-order valence-electron chi connectivity index (χ4n) is 3.88. The lowest BCUT2D eigenvalue weighted by atomic mass is 10.1. The third-order valence-corrected chi connectivity index (χ3v) is 9.79. The third kappa shape index (κ3) is 3.55. The summed E-state index contributed by atoms with van der Waals surface area (Å²) in [4.78, 5) is 8.42. The SMILES string of the molecule is CC(Nc1c(-c2c(F)cccc2Cl)c(Cl)nc2ncnn12)[SiH]1CCCCC1. The Balaban J connectivity index is 1.86. The van der Waals surface area contributed by atoms with Crippen LogP contribution in [0.25, 0.3) is 16.9 Å². The van der Waals surface area contributed by atoms with Gasteiger partial charge in [0.25, 0.3) is 5.78 Å². The molecule has 2 aromatic heterocycles. The predicted molar refractivity (Wildman–Crippen MR) is 110 cm³/mol. The van der Waals surface area contributed by atoms with Gasteiger partial charge in [0, 0.05) is 11.2 Å². The number of benzene rings is 1. The Bertz CT molecular complexity index is 954. The van der Waals surface area contributed by atoms with Crippen LogP contribution in [-0.4, -0.2) is 34.0 Å². The molecule has 1 N–H and O–H groups in total. The van der Waals surface area contributed by atoms with Crippen molar-refractivity contribution >= 4 is 43.6 Å². The highest BCUT2D eigenvalue weighted by molar-refractivity contribution is 6.61. The molecular formula is C18H20Cl2FN5Si. The quantitative estimate of drug-likeness (QED) is 0.474.